The average Bonchev–Trinajstić information content (AvgIpc) is 3.08. The van der Waals surface area contributed by atoms with Crippen LogP contribution in [-0.2, 0) is 14.3 Å². The Bertz CT molecular complexity index is 1080. The van der Waals surface area contributed by atoms with Crippen molar-refractivity contribution in [3.63, 3.8) is 0 Å². The maximum absolute atomic E-state index is 12.3. The lowest BCUT2D eigenvalue weighted by Crippen LogP contribution is -2.07. The Morgan fingerprint density at radius 3 is 2.63 bits per heavy atom. The van der Waals surface area contributed by atoms with Crippen LogP contribution >= 0.6 is 23.1 Å². The minimum Gasteiger partial charge on any atom is -0.497 e. The van der Waals surface area contributed by atoms with E-state index in [4.69, 9.17) is 19.9 Å². The first-order valence-electron chi connectivity index (χ1n) is 9.18. The molecule has 3 rings (SSSR count). The molecule has 0 saturated carbocycles. The lowest BCUT2D eigenvalue weighted by Gasteiger charge is -2.08. The minimum atomic E-state index is -0.504. The SMILES string of the molecule is CCOC(=O)CSc1nc(-c2cccc(OC)c2)c2c(N)c(C(=O)OCC)sc2n1. The number of anilines is 1. The predicted octanol–water partition coefficient (Wildman–Crippen LogP) is 3.78. The first kappa shape index (κ1) is 21.8. The maximum atomic E-state index is 12.3. The number of rotatable bonds is 8. The molecule has 0 atom stereocenters. The highest BCUT2D eigenvalue weighted by Crippen LogP contribution is 2.40. The van der Waals surface area contributed by atoms with Crippen molar-refractivity contribution in [2.24, 2.45) is 0 Å². The molecule has 2 heterocycles. The summed E-state index contributed by atoms with van der Waals surface area (Å²) >= 11 is 2.30. The van der Waals surface area contributed by atoms with E-state index in [0.29, 0.717) is 33.4 Å². The van der Waals surface area contributed by atoms with Gasteiger partial charge in [-0.1, -0.05) is 23.9 Å². The molecule has 0 saturated heterocycles. The number of hydrogen-bond acceptors (Lipinski definition) is 10. The third-order valence-corrected chi connectivity index (χ3v) is 5.90. The summed E-state index contributed by atoms with van der Waals surface area (Å²) in [5.41, 5.74) is 7.88. The summed E-state index contributed by atoms with van der Waals surface area (Å²) in [5.74, 6) is -0.135. The van der Waals surface area contributed by atoms with Gasteiger partial charge in [0.05, 0.1) is 42.8 Å². The number of thiophene rings is 1. The molecule has 0 amide bonds. The molecular formula is C20H21N3O5S2. The van der Waals surface area contributed by atoms with Gasteiger partial charge in [-0.05, 0) is 26.0 Å². The summed E-state index contributed by atoms with van der Waals surface area (Å²) in [6, 6.07) is 7.34. The van der Waals surface area contributed by atoms with Gasteiger partial charge < -0.3 is 19.9 Å². The van der Waals surface area contributed by atoms with E-state index in [1.54, 1.807) is 21.0 Å². The second-order valence-electron chi connectivity index (χ2n) is 5.93. The van der Waals surface area contributed by atoms with E-state index in [1.807, 2.05) is 24.3 Å². The number of carbonyl (C=O) groups excluding carboxylic acids is 2. The fourth-order valence-corrected chi connectivity index (χ4v) is 4.41. The summed E-state index contributed by atoms with van der Waals surface area (Å²) in [6.45, 7) is 4.02. The smallest absolute Gasteiger partial charge is 0.350 e. The minimum absolute atomic E-state index is 0.0719. The number of esters is 2. The van der Waals surface area contributed by atoms with E-state index in [-0.39, 0.29) is 28.9 Å². The summed E-state index contributed by atoms with van der Waals surface area (Å²) in [5, 5.41) is 0.946. The molecule has 30 heavy (non-hydrogen) atoms. The van der Waals surface area contributed by atoms with Gasteiger partial charge in [0.25, 0.3) is 0 Å². The maximum Gasteiger partial charge on any atom is 0.350 e. The summed E-state index contributed by atoms with van der Waals surface area (Å²) in [4.78, 5) is 34.0. The lowest BCUT2D eigenvalue weighted by atomic mass is 10.1. The highest BCUT2D eigenvalue weighted by Gasteiger charge is 2.23. The zero-order chi connectivity index (χ0) is 21.7. The first-order chi connectivity index (χ1) is 14.5. The van der Waals surface area contributed by atoms with Crippen LogP contribution < -0.4 is 10.5 Å². The van der Waals surface area contributed by atoms with Crippen molar-refractivity contribution in [1.29, 1.82) is 0 Å². The van der Waals surface area contributed by atoms with Crippen LogP contribution in [0.1, 0.15) is 23.5 Å². The zero-order valence-electron chi connectivity index (χ0n) is 16.8. The Kier molecular flexibility index (Phi) is 7.11. The number of nitrogens with two attached hydrogens (primary N) is 1. The molecule has 158 valence electrons. The van der Waals surface area contributed by atoms with Crippen LogP contribution in [0, 0.1) is 0 Å². The summed E-state index contributed by atoms with van der Waals surface area (Å²) in [7, 11) is 1.58. The third-order valence-electron chi connectivity index (χ3n) is 4.00. The van der Waals surface area contributed by atoms with Crippen molar-refractivity contribution in [1.82, 2.24) is 9.97 Å². The predicted molar refractivity (Wildman–Crippen MR) is 117 cm³/mol. The monoisotopic (exact) mass is 447 g/mol. The Morgan fingerprint density at radius 2 is 1.93 bits per heavy atom. The van der Waals surface area contributed by atoms with Crippen LogP contribution in [-0.4, -0.2) is 48.0 Å². The molecule has 0 radical (unpaired) electrons. The molecule has 8 nitrogen and oxygen atoms in total. The van der Waals surface area contributed by atoms with Crippen LogP contribution in [0.3, 0.4) is 0 Å². The molecule has 0 bridgehead atoms. The van der Waals surface area contributed by atoms with Gasteiger partial charge in [0, 0.05) is 5.56 Å². The second-order valence-corrected chi connectivity index (χ2v) is 7.87. The molecule has 0 spiro atoms. The van der Waals surface area contributed by atoms with Crippen LogP contribution in [0.5, 0.6) is 5.75 Å². The molecule has 0 aliphatic rings. The van der Waals surface area contributed by atoms with Crippen molar-refractivity contribution >= 4 is 50.9 Å². The molecule has 0 fully saturated rings. The normalized spacial score (nSPS) is 10.8. The van der Waals surface area contributed by atoms with Crippen LogP contribution in [0.15, 0.2) is 29.4 Å². The number of benzene rings is 1. The third kappa shape index (κ3) is 4.65. The topological polar surface area (TPSA) is 114 Å². The van der Waals surface area contributed by atoms with Gasteiger partial charge in [0.2, 0.25) is 0 Å². The number of aromatic nitrogens is 2. The largest absolute Gasteiger partial charge is 0.497 e. The molecule has 0 aliphatic heterocycles. The van der Waals surface area contributed by atoms with Gasteiger partial charge in [0.15, 0.2) is 5.16 Å². The van der Waals surface area contributed by atoms with Gasteiger partial charge in [-0.3, -0.25) is 4.79 Å². The number of thioether (sulfide) groups is 1. The van der Waals surface area contributed by atoms with Crippen molar-refractivity contribution in [2.45, 2.75) is 19.0 Å². The highest BCUT2D eigenvalue weighted by atomic mass is 32.2. The Hall–Kier alpha value is -2.85. The number of carbonyl (C=O) groups is 2. The standard InChI is InChI=1S/C20H21N3O5S2/c1-4-27-13(24)10-29-20-22-16(11-7-6-8-12(9-11)26-3)14-15(21)17(19(25)28-5-2)30-18(14)23-20/h6-9H,4-5,10,21H2,1-3H3. The lowest BCUT2D eigenvalue weighted by molar-refractivity contribution is -0.139. The summed E-state index contributed by atoms with van der Waals surface area (Å²) in [6.07, 6.45) is 0. The molecule has 3 aromatic rings. The van der Waals surface area contributed by atoms with Crippen LogP contribution in [0.2, 0.25) is 0 Å². The summed E-state index contributed by atoms with van der Waals surface area (Å²) < 4.78 is 15.4. The van der Waals surface area contributed by atoms with Crippen LogP contribution in [0.4, 0.5) is 5.69 Å². The number of nitrogens with zero attached hydrogens (tertiary/aromatic N) is 2. The average molecular weight is 448 g/mol. The number of nitrogen functional groups attached to an aromatic ring is 1. The quantitative estimate of drug-likeness (QED) is 0.313. The highest BCUT2D eigenvalue weighted by molar-refractivity contribution is 7.99. The van der Waals surface area contributed by atoms with E-state index in [9.17, 15) is 9.59 Å². The molecule has 10 heteroatoms. The number of methoxy groups -OCH3 is 1. The molecular weight excluding hydrogens is 426 g/mol. The molecule has 2 N–H and O–H groups in total. The van der Waals surface area contributed by atoms with Crippen molar-refractivity contribution in [3.8, 4) is 17.0 Å². The van der Waals surface area contributed by atoms with E-state index in [2.05, 4.69) is 9.97 Å². The van der Waals surface area contributed by atoms with E-state index >= 15 is 0 Å². The Labute approximate surface area is 181 Å². The number of fused-ring (bicyclic) bond motifs is 1. The van der Waals surface area contributed by atoms with Gasteiger partial charge in [-0.2, -0.15) is 0 Å². The molecule has 0 unspecified atom stereocenters. The van der Waals surface area contributed by atoms with Gasteiger partial charge in [-0.25, -0.2) is 14.8 Å². The van der Waals surface area contributed by atoms with Crippen molar-refractivity contribution in [3.05, 3.63) is 29.1 Å². The zero-order valence-corrected chi connectivity index (χ0v) is 18.4. The Balaban J connectivity index is 2.13. The van der Waals surface area contributed by atoms with Crippen molar-refractivity contribution < 1.29 is 23.8 Å². The van der Waals surface area contributed by atoms with E-state index in [0.717, 1.165) is 28.7 Å². The number of ether oxygens (including phenoxy) is 3. The fourth-order valence-electron chi connectivity index (χ4n) is 2.72. The first-order valence-corrected chi connectivity index (χ1v) is 11.0. The van der Waals surface area contributed by atoms with E-state index < -0.39 is 5.97 Å². The van der Waals surface area contributed by atoms with Gasteiger partial charge in [-0.15, -0.1) is 11.3 Å². The van der Waals surface area contributed by atoms with Gasteiger partial charge in [0.1, 0.15) is 15.5 Å². The second kappa shape index (κ2) is 9.77. The van der Waals surface area contributed by atoms with Crippen molar-refractivity contribution in [2.75, 3.05) is 31.8 Å². The van der Waals surface area contributed by atoms with Gasteiger partial charge >= 0.3 is 11.9 Å². The fraction of sp³-hybridized carbons (Fsp3) is 0.300. The molecule has 1 aromatic carbocycles. The number of hydrogen-bond donors (Lipinski definition) is 1. The molecule has 0 aliphatic carbocycles. The van der Waals surface area contributed by atoms with E-state index in [1.165, 1.54) is 0 Å². The molecule has 2 aromatic heterocycles. The van der Waals surface area contributed by atoms with Crippen LogP contribution in [0.25, 0.3) is 21.5 Å². The Morgan fingerprint density at radius 1 is 1.17 bits per heavy atom.